The monoisotopic (exact) mass is 294 g/mol. The summed E-state index contributed by atoms with van der Waals surface area (Å²) >= 11 is 1.82. The van der Waals surface area contributed by atoms with Gasteiger partial charge in [0.25, 0.3) is 5.95 Å². The Morgan fingerprint density at radius 2 is 2.00 bits per heavy atom. The van der Waals surface area contributed by atoms with Crippen LogP contribution in [0.25, 0.3) is 5.95 Å². The molecule has 0 saturated carbocycles. The Bertz CT molecular complexity index is 515. The second-order valence-electron chi connectivity index (χ2n) is 3.93. The van der Waals surface area contributed by atoms with E-state index >= 15 is 0 Å². The van der Waals surface area contributed by atoms with Crippen LogP contribution in [0.2, 0.25) is 0 Å². The van der Waals surface area contributed by atoms with Gasteiger partial charge in [0.15, 0.2) is 0 Å². The molecule has 0 aromatic carbocycles. The summed E-state index contributed by atoms with van der Waals surface area (Å²) in [5.41, 5.74) is 0. The zero-order valence-electron chi connectivity index (χ0n) is 11.6. The van der Waals surface area contributed by atoms with Crippen molar-refractivity contribution in [1.82, 2.24) is 29.7 Å². The maximum Gasteiger partial charge on any atom is 0.258 e. The first-order valence-electron chi connectivity index (χ1n) is 6.41. The van der Waals surface area contributed by atoms with Crippen molar-refractivity contribution in [2.45, 2.75) is 13.3 Å². The molecule has 20 heavy (non-hydrogen) atoms. The summed E-state index contributed by atoms with van der Waals surface area (Å²) in [6.07, 6.45) is 6.15. The molecule has 2 aromatic heterocycles. The van der Waals surface area contributed by atoms with Gasteiger partial charge < -0.3 is 10.6 Å². The van der Waals surface area contributed by atoms with Crippen LogP contribution in [0, 0.1) is 0 Å². The molecule has 0 atom stereocenters. The minimum absolute atomic E-state index is 0.445. The van der Waals surface area contributed by atoms with Crippen LogP contribution < -0.4 is 10.6 Å². The lowest BCUT2D eigenvalue weighted by Gasteiger charge is -2.08. The lowest BCUT2D eigenvalue weighted by atomic mass is 10.5. The maximum atomic E-state index is 4.34. The van der Waals surface area contributed by atoms with Gasteiger partial charge in [-0.25, -0.2) is 4.98 Å². The number of thioether (sulfide) groups is 1. The predicted molar refractivity (Wildman–Crippen MR) is 80.4 cm³/mol. The molecule has 2 aromatic rings. The van der Waals surface area contributed by atoms with Gasteiger partial charge in [-0.1, -0.05) is 0 Å². The zero-order valence-corrected chi connectivity index (χ0v) is 12.4. The van der Waals surface area contributed by atoms with Gasteiger partial charge in [-0.3, -0.25) is 0 Å². The predicted octanol–water partition coefficient (Wildman–Crippen LogP) is 1.05. The van der Waals surface area contributed by atoms with Crippen molar-refractivity contribution in [2.24, 2.45) is 0 Å². The van der Waals surface area contributed by atoms with Gasteiger partial charge in [0.1, 0.15) is 12.7 Å². The van der Waals surface area contributed by atoms with Crippen molar-refractivity contribution in [3.8, 4) is 5.95 Å². The van der Waals surface area contributed by atoms with Gasteiger partial charge >= 0.3 is 0 Å². The Morgan fingerprint density at radius 3 is 2.65 bits per heavy atom. The van der Waals surface area contributed by atoms with Crippen molar-refractivity contribution in [2.75, 3.05) is 35.7 Å². The molecule has 108 valence electrons. The van der Waals surface area contributed by atoms with E-state index in [1.54, 1.807) is 6.33 Å². The zero-order chi connectivity index (χ0) is 14.2. The van der Waals surface area contributed by atoms with Crippen LogP contribution in [0.5, 0.6) is 0 Å². The highest BCUT2D eigenvalue weighted by atomic mass is 32.2. The molecule has 0 radical (unpaired) electrons. The van der Waals surface area contributed by atoms with Gasteiger partial charge in [-0.2, -0.15) is 36.5 Å². The van der Waals surface area contributed by atoms with Gasteiger partial charge in [0.2, 0.25) is 11.9 Å². The molecule has 9 heteroatoms. The molecule has 0 amide bonds. The van der Waals surface area contributed by atoms with Crippen LogP contribution >= 0.6 is 11.8 Å². The SMILES string of the molecule is CCNc1nc(NCCCSC)nc(-n2cncn2)n1. The standard InChI is InChI=1S/C11H18N8S/c1-3-13-9-16-10(14-5-4-6-20-2)18-11(17-9)19-8-12-7-15-19/h7-8H,3-6H2,1-2H3,(H2,13,14,16,17,18). The molecular formula is C11H18N8S. The van der Waals surface area contributed by atoms with Crippen molar-refractivity contribution >= 4 is 23.7 Å². The minimum atomic E-state index is 0.445. The first-order chi connectivity index (χ1) is 9.83. The van der Waals surface area contributed by atoms with E-state index in [9.17, 15) is 0 Å². The second kappa shape index (κ2) is 7.63. The molecule has 0 spiro atoms. The summed E-state index contributed by atoms with van der Waals surface area (Å²) in [5, 5.41) is 10.3. The summed E-state index contributed by atoms with van der Waals surface area (Å²) in [5.74, 6) is 2.62. The van der Waals surface area contributed by atoms with E-state index < -0.39 is 0 Å². The number of anilines is 2. The number of hydrogen-bond donors (Lipinski definition) is 2. The Morgan fingerprint density at radius 1 is 1.20 bits per heavy atom. The highest BCUT2D eigenvalue weighted by molar-refractivity contribution is 7.98. The molecule has 0 aliphatic carbocycles. The largest absolute Gasteiger partial charge is 0.354 e. The van der Waals surface area contributed by atoms with Crippen LogP contribution in [0.1, 0.15) is 13.3 Å². The lowest BCUT2D eigenvalue weighted by Crippen LogP contribution is -2.13. The summed E-state index contributed by atoms with van der Waals surface area (Å²) in [6, 6.07) is 0. The van der Waals surface area contributed by atoms with Crippen LogP contribution in [-0.4, -0.2) is 54.8 Å². The first-order valence-corrected chi connectivity index (χ1v) is 7.80. The summed E-state index contributed by atoms with van der Waals surface area (Å²) in [6.45, 7) is 3.56. The first kappa shape index (κ1) is 14.5. The van der Waals surface area contributed by atoms with Crippen molar-refractivity contribution in [3.63, 3.8) is 0 Å². The lowest BCUT2D eigenvalue weighted by molar-refractivity contribution is 0.792. The van der Waals surface area contributed by atoms with Crippen molar-refractivity contribution in [1.29, 1.82) is 0 Å². The van der Waals surface area contributed by atoms with E-state index in [1.807, 2.05) is 18.7 Å². The van der Waals surface area contributed by atoms with Crippen LogP contribution in [0.15, 0.2) is 12.7 Å². The topological polar surface area (TPSA) is 93.4 Å². The van der Waals surface area contributed by atoms with E-state index in [-0.39, 0.29) is 0 Å². The third kappa shape index (κ3) is 4.05. The highest BCUT2D eigenvalue weighted by Crippen LogP contribution is 2.08. The number of nitrogens with zero attached hydrogens (tertiary/aromatic N) is 6. The van der Waals surface area contributed by atoms with Crippen LogP contribution in [0.4, 0.5) is 11.9 Å². The van der Waals surface area contributed by atoms with Gasteiger partial charge in [0, 0.05) is 13.1 Å². The molecule has 2 heterocycles. The Labute approximate surface area is 121 Å². The normalized spacial score (nSPS) is 10.5. The Hall–Kier alpha value is -1.90. The Kier molecular flexibility index (Phi) is 5.54. The highest BCUT2D eigenvalue weighted by Gasteiger charge is 2.08. The average molecular weight is 294 g/mol. The third-order valence-corrected chi connectivity index (χ3v) is 3.09. The number of hydrogen-bond acceptors (Lipinski definition) is 8. The van der Waals surface area contributed by atoms with Crippen LogP contribution in [-0.2, 0) is 0 Å². The van der Waals surface area contributed by atoms with Gasteiger partial charge in [-0.15, -0.1) is 0 Å². The van der Waals surface area contributed by atoms with Crippen molar-refractivity contribution < 1.29 is 0 Å². The summed E-state index contributed by atoms with van der Waals surface area (Å²) in [7, 11) is 0. The van der Waals surface area contributed by atoms with E-state index in [0.717, 1.165) is 25.3 Å². The summed E-state index contributed by atoms with van der Waals surface area (Å²) in [4.78, 5) is 16.8. The smallest absolute Gasteiger partial charge is 0.258 e. The summed E-state index contributed by atoms with van der Waals surface area (Å²) < 4.78 is 1.51. The number of nitrogens with one attached hydrogen (secondary N) is 2. The molecule has 0 aliphatic heterocycles. The third-order valence-electron chi connectivity index (χ3n) is 2.39. The maximum absolute atomic E-state index is 4.34. The fourth-order valence-electron chi connectivity index (χ4n) is 1.51. The number of aromatic nitrogens is 6. The molecule has 8 nitrogen and oxygen atoms in total. The molecule has 0 fully saturated rings. The number of rotatable bonds is 8. The quantitative estimate of drug-likeness (QED) is 0.698. The fourth-order valence-corrected chi connectivity index (χ4v) is 1.94. The molecule has 0 bridgehead atoms. The van der Waals surface area contributed by atoms with Gasteiger partial charge in [0.05, 0.1) is 0 Å². The average Bonchev–Trinajstić information content (AvgIpc) is 2.98. The van der Waals surface area contributed by atoms with E-state index in [4.69, 9.17) is 0 Å². The molecule has 2 rings (SSSR count). The van der Waals surface area contributed by atoms with Crippen LogP contribution in [0.3, 0.4) is 0 Å². The fraction of sp³-hybridized carbons (Fsp3) is 0.545. The van der Waals surface area contributed by atoms with E-state index in [0.29, 0.717) is 17.8 Å². The molecule has 0 saturated heterocycles. The minimum Gasteiger partial charge on any atom is -0.354 e. The molecule has 0 aliphatic rings. The molecule has 2 N–H and O–H groups in total. The van der Waals surface area contributed by atoms with E-state index in [2.05, 4.69) is 41.9 Å². The molecule has 0 unspecified atom stereocenters. The van der Waals surface area contributed by atoms with Crippen molar-refractivity contribution in [3.05, 3.63) is 12.7 Å². The second-order valence-corrected chi connectivity index (χ2v) is 4.91. The van der Waals surface area contributed by atoms with E-state index in [1.165, 1.54) is 11.0 Å². The Balaban J connectivity index is 2.13. The van der Waals surface area contributed by atoms with Gasteiger partial charge in [-0.05, 0) is 25.4 Å². The molecular weight excluding hydrogens is 276 g/mol.